The lowest BCUT2D eigenvalue weighted by Crippen LogP contribution is -2.50. The third-order valence-electron chi connectivity index (χ3n) is 17.1. The molecular formula is C75H113N5O29S2. The van der Waals surface area contributed by atoms with E-state index in [-0.39, 0.29) is 165 Å². The number of nitrogens with zero attached hydrogens (tertiary/aromatic N) is 3. The second-order valence-corrected chi connectivity index (χ2v) is 27.4. The van der Waals surface area contributed by atoms with E-state index >= 15 is 0 Å². The Morgan fingerprint density at radius 2 is 1.14 bits per heavy atom. The number of carboxylic acids is 1. The van der Waals surface area contributed by atoms with E-state index in [4.69, 9.17) is 92.1 Å². The Morgan fingerprint density at radius 3 is 1.59 bits per heavy atom. The number of carbonyl (C=O) groups is 8. The number of rotatable bonds is 49. The number of aromatic hydroxyl groups is 1. The number of phenols is 1. The van der Waals surface area contributed by atoms with Crippen molar-refractivity contribution in [1.29, 1.82) is 0 Å². The zero-order valence-corrected chi connectivity index (χ0v) is 66.8. The zero-order chi connectivity index (χ0) is 82.4. The number of aliphatic carboxylic acids is 1. The fourth-order valence-electron chi connectivity index (χ4n) is 10.6. The Labute approximate surface area is 654 Å². The number of aliphatic hydroxyl groups excluding tert-OH is 5. The number of cyclic esters (lactones) is 1. The maximum Gasteiger partial charge on any atom is 0.355 e. The molecule has 0 saturated carbocycles. The van der Waals surface area contributed by atoms with E-state index in [1.54, 1.807) is 63.5 Å². The van der Waals surface area contributed by atoms with Crippen LogP contribution in [0.5, 0.6) is 5.75 Å². The first-order chi connectivity index (χ1) is 53.3. The quantitative estimate of drug-likeness (QED) is 0.00755. The van der Waals surface area contributed by atoms with Gasteiger partial charge >= 0.3 is 35.8 Å². The molecule has 1 aromatic carbocycles. The number of fused-ring (bicyclic) bond motifs is 5. The third-order valence-corrected chi connectivity index (χ3v) is 19.4. The van der Waals surface area contributed by atoms with Gasteiger partial charge in [-0.3, -0.25) is 33.6 Å². The number of nitrogens with one attached hydrogen (secondary N) is 2. The van der Waals surface area contributed by atoms with Crippen molar-refractivity contribution in [1.82, 2.24) is 25.2 Å². The minimum atomic E-state index is -1.96. The molecule has 36 heteroatoms. The molecular weight excluding hydrogens is 1500 g/mol. The number of esters is 5. The summed E-state index contributed by atoms with van der Waals surface area (Å²) in [4.78, 5) is 120. The number of pyridine rings is 3. The standard InChI is InChI=1S/C37H45N3O12.C19H30N2O6S2.C12H22O7.C7H16O4/c1-6-22(17-41)51-32(48-5)19-49-31(44)11-9-10-30(43)38-20(4)35(46)52-37(8-3)27-15-29-33-25(16-40(29)34(45)26(27)18-50-36(37)47)23(7-2)24-14-21(42)12-13-28(24)39-33;1-3-15(13-22)27-19(25-2)14-26-18(24)9-6-7-16(23)20-11-12-28-29-17-8-4-5-10-21-17;1-3-9(7-13)19-12(17-2)8-18-11(16)6-4-5-10(14)15;1-3-6(4-8)11-7(5-9)10-2/h12-15,20,22,32,41-42H,6-11,16-19H2,1-5H3,(H,38,43);4-5,8,10,15,19,22H,3,6-7,9,11-14H2,1-2H3,(H,20,23);9,12-13H,3-8H2,1-2H3,(H,14,15);6-9H,3-5H2,1-2H3/t20-,22?,32?,37-;;;/m0.../s1. The summed E-state index contributed by atoms with van der Waals surface area (Å²) >= 11 is 0. The van der Waals surface area contributed by atoms with Gasteiger partial charge in [-0.1, -0.05) is 58.4 Å². The summed E-state index contributed by atoms with van der Waals surface area (Å²) in [5, 5.41) is 70.4. The Bertz CT molecular complexity index is 3510. The van der Waals surface area contributed by atoms with Gasteiger partial charge in [0, 0.05) is 102 Å². The van der Waals surface area contributed by atoms with Crippen LogP contribution in [-0.2, 0) is 125 Å². The first-order valence-electron chi connectivity index (χ1n) is 36.8. The van der Waals surface area contributed by atoms with Gasteiger partial charge in [-0.25, -0.2) is 19.6 Å². The number of aliphatic hydroxyl groups is 5. The van der Waals surface area contributed by atoms with Gasteiger partial charge in [0.25, 0.3) is 5.56 Å². The van der Waals surface area contributed by atoms with E-state index in [1.165, 1.54) is 35.4 Å². The van der Waals surface area contributed by atoms with Crippen LogP contribution in [0.3, 0.4) is 0 Å². The van der Waals surface area contributed by atoms with E-state index in [1.807, 2.05) is 52.8 Å². The van der Waals surface area contributed by atoms with Crippen molar-refractivity contribution in [3.05, 3.63) is 81.3 Å². The van der Waals surface area contributed by atoms with Gasteiger partial charge < -0.3 is 113 Å². The summed E-state index contributed by atoms with van der Waals surface area (Å²) in [5.41, 5.74) is 1.45. The van der Waals surface area contributed by atoms with E-state index < -0.39 is 90.2 Å². The summed E-state index contributed by atoms with van der Waals surface area (Å²) in [6, 6.07) is 11.1. The second kappa shape index (κ2) is 54.2. The largest absolute Gasteiger partial charge is 0.508 e. The fourth-order valence-corrected chi connectivity index (χ4v) is 12.4. The van der Waals surface area contributed by atoms with E-state index in [0.717, 1.165) is 27.3 Å². The topological polar surface area (TPSA) is 470 Å². The number of carbonyl (C=O) groups excluding carboxylic acids is 7. The van der Waals surface area contributed by atoms with Gasteiger partial charge in [0.15, 0.2) is 25.2 Å². The number of hydrogen-bond donors (Lipinski definition) is 9. The lowest BCUT2D eigenvalue weighted by Gasteiger charge is -2.36. The summed E-state index contributed by atoms with van der Waals surface area (Å²) in [6.07, 6.45) is 1.40. The van der Waals surface area contributed by atoms with Gasteiger partial charge in [0.2, 0.25) is 17.4 Å². The summed E-state index contributed by atoms with van der Waals surface area (Å²) in [5.74, 6) is -3.95. The number of benzene rings is 1. The number of hydrogen-bond acceptors (Lipinski definition) is 32. The number of amides is 2. The molecule has 0 saturated heterocycles. The summed E-state index contributed by atoms with van der Waals surface area (Å²) < 4.78 is 69.4. The van der Waals surface area contributed by atoms with Gasteiger partial charge in [0.1, 0.15) is 43.2 Å². The van der Waals surface area contributed by atoms with Crippen molar-refractivity contribution in [2.45, 2.75) is 224 Å². The van der Waals surface area contributed by atoms with Crippen LogP contribution in [0.1, 0.15) is 161 Å². The predicted octanol–water partition coefficient (Wildman–Crippen LogP) is 5.57. The van der Waals surface area contributed by atoms with Crippen LogP contribution < -0.4 is 16.2 Å². The number of phenolic OH excluding ortho intramolecular Hbond substituents is 1. The molecule has 0 spiro atoms. The molecule has 9 N–H and O–H groups in total. The lowest BCUT2D eigenvalue weighted by molar-refractivity contribution is -0.194. The lowest BCUT2D eigenvalue weighted by atomic mass is 9.85. The minimum Gasteiger partial charge on any atom is -0.508 e. The SMILES string of the molecule is CCC(CO)OC(CO)OC.CCC(CO)OC(COC(=O)CCCC(=O)NCCSSc1ccccn1)OC.CCC(CO)OC(COC(=O)CCCC(=O)O)OC.CCc1c2c(nc3ccc(O)cc13)-c1cc3c(c(=O)n1C2)COC(=O)[C@@]3(CC)OC(=O)[C@H](C)NC(=O)CCCC(=O)OCC(OC)OC(CC)CO. The summed E-state index contributed by atoms with van der Waals surface area (Å²) in [6.45, 7) is 11.9. The molecule has 624 valence electrons. The molecule has 4 aromatic rings. The molecule has 0 aliphatic carbocycles. The average molecular weight is 1610 g/mol. The first kappa shape index (κ1) is 97.7. The van der Waals surface area contributed by atoms with Crippen molar-refractivity contribution in [3.63, 3.8) is 0 Å². The van der Waals surface area contributed by atoms with Crippen LogP contribution in [0.2, 0.25) is 0 Å². The van der Waals surface area contributed by atoms with Crippen molar-refractivity contribution in [2.75, 3.05) is 93.6 Å². The number of carboxylic acid groups (broad SMARTS) is 1. The van der Waals surface area contributed by atoms with Crippen molar-refractivity contribution in [3.8, 4) is 17.1 Å². The molecule has 3 aromatic heterocycles. The van der Waals surface area contributed by atoms with Crippen molar-refractivity contribution < 1.29 is 136 Å². The second-order valence-electron chi connectivity index (χ2n) is 24.9. The van der Waals surface area contributed by atoms with Gasteiger partial charge in [0.05, 0.1) is 86.5 Å². The number of methoxy groups -OCH3 is 4. The smallest absolute Gasteiger partial charge is 0.355 e. The van der Waals surface area contributed by atoms with E-state index in [2.05, 4.69) is 15.6 Å². The minimum absolute atomic E-state index is 0.0416. The van der Waals surface area contributed by atoms with Crippen LogP contribution in [0.4, 0.5) is 0 Å². The maximum absolute atomic E-state index is 14.0. The number of ether oxygens (including phenoxy) is 13. The van der Waals surface area contributed by atoms with Crippen LogP contribution in [0.25, 0.3) is 22.3 Å². The molecule has 0 radical (unpaired) electrons. The average Bonchev–Trinajstić information content (AvgIpc) is 1.62. The molecule has 6 rings (SSSR count). The molecule has 0 bridgehead atoms. The Kier molecular flexibility index (Phi) is 47.7. The highest BCUT2D eigenvalue weighted by atomic mass is 33.1. The molecule has 34 nitrogen and oxygen atoms in total. The normalized spacial score (nSPS) is 15.7. The fraction of sp³-hybridized carbons (Fsp3) is 0.640. The summed E-state index contributed by atoms with van der Waals surface area (Å²) in [7, 11) is 8.88. The Balaban J connectivity index is 0.000000452. The zero-order valence-electron chi connectivity index (χ0n) is 65.2. The molecule has 111 heavy (non-hydrogen) atoms. The van der Waals surface area contributed by atoms with E-state index in [0.29, 0.717) is 62.0 Å². The molecule has 5 heterocycles. The van der Waals surface area contributed by atoms with Crippen LogP contribution in [0.15, 0.2) is 58.5 Å². The number of aryl methyl sites for hydroxylation is 1. The number of aromatic nitrogens is 3. The Morgan fingerprint density at radius 1 is 0.631 bits per heavy atom. The first-order valence-corrected chi connectivity index (χ1v) is 39.2. The maximum atomic E-state index is 14.0. The molecule has 0 fully saturated rings. The monoisotopic (exact) mass is 1610 g/mol. The van der Waals surface area contributed by atoms with Gasteiger partial charge in [-0.05, 0) is 117 Å². The van der Waals surface area contributed by atoms with Crippen molar-refractivity contribution >= 4 is 80.1 Å². The van der Waals surface area contributed by atoms with Crippen LogP contribution in [-0.4, -0.2) is 247 Å². The highest BCUT2D eigenvalue weighted by Gasteiger charge is 2.51. The Hall–Kier alpha value is -7.53. The van der Waals surface area contributed by atoms with E-state index in [9.17, 15) is 53.4 Å². The molecule has 10 atom stereocenters. The third kappa shape index (κ3) is 33.6. The highest BCUT2D eigenvalue weighted by molar-refractivity contribution is 8.76. The molecule has 2 aliphatic rings. The molecule has 2 aliphatic heterocycles. The molecule has 8 unspecified atom stereocenters. The highest BCUT2D eigenvalue weighted by Crippen LogP contribution is 2.43. The predicted molar refractivity (Wildman–Crippen MR) is 404 cm³/mol. The van der Waals surface area contributed by atoms with Gasteiger partial charge in [-0.15, -0.1) is 0 Å². The van der Waals surface area contributed by atoms with Crippen LogP contribution >= 0.6 is 21.6 Å². The van der Waals surface area contributed by atoms with Crippen molar-refractivity contribution in [2.24, 2.45) is 0 Å². The molecule has 2 amide bonds. The van der Waals surface area contributed by atoms with Crippen LogP contribution in [0, 0.1) is 0 Å². The van der Waals surface area contributed by atoms with Gasteiger partial charge in [-0.2, -0.15) is 0 Å².